The lowest BCUT2D eigenvalue weighted by atomic mass is 9.96. The molecule has 1 aromatic rings. The molecule has 1 fully saturated rings. The molecule has 1 heterocycles. The largest absolute Gasteiger partial charge is 0.356 e. The Hall–Kier alpha value is -1.95. The van der Waals surface area contributed by atoms with E-state index in [0.29, 0.717) is 37.4 Å². The highest BCUT2D eigenvalue weighted by molar-refractivity contribution is 5.94. The molecule has 6 heteroatoms. The van der Waals surface area contributed by atoms with Crippen molar-refractivity contribution in [3.8, 4) is 0 Å². The summed E-state index contributed by atoms with van der Waals surface area (Å²) in [5.74, 6) is 0.0660. The Balaban J connectivity index is 1.52. The van der Waals surface area contributed by atoms with Gasteiger partial charge < -0.3 is 16.0 Å². The topological polar surface area (TPSA) is 70.2 Å². The summed E-state index contributed by atoms with van der Waals surface area (Å²) in [5, 5.41) is 9.04. The van der Waals surface area contributed by atoms with E-state index in [2.05, 4.69) is 16.0 Å². The summed E-state index contributed by atoms with van der Waals surface area (Å²) < 4.78 is 12.8. The van der Waals surface area contributed by atoms with Crippen LogP contribution in [0.4, 0.5) is 4.39 Å². The highest BCUT2D eigenvalue weighted by Gasteiger charge is 2.12. The lowest BCUT2D eigenvalue weighted by Crippen LogP contribution is -2.33. The van der Waals surface area contributed by atoms with Gasteiger partial charge in [0, 0.05) is 25.1 Å². The normalized spacial score (nSPS) is 17.3. The second-order valence-corrected chi connectivity index (χ2v) is 6.22. The van der Waals surface area contributed by atoms with Gasteiger partial charge >= 0.3 is 0 Å². The average Bonchev–Trinajstić information content (AvgIpc) is 2.60. The minimum atomic E-state index is -0.368. The van der Waals surface area contributed by atoms with Gasteiger partial charge in [0.15, 0.2) is 0 Å². The van der Waals surface area contributed by atoms with Gasteiger partial charge in [-0.3, -0.25) is 9.59 Å². The van der Waals surface area contributed by atoms with Crippen LogP contribution in [0.15, 0.2) is 24.3 Å². The minimum absolute atomic E-state index is 0.0230. The van der Waals surface area contributed by atoms with E-state index < -0.39 is 0 Å². The van der Waals surface area contributed by atoms with Crippen LogP contribution in [-0.4, -0.2) is 38.0 Å². The molecule has 1 saturated heterocycles. The molecule has 0 radical (unpaired) electrons. The lowest BCUT2D eigenvalue weighted by Gasteiger charge is -2.22. The molecule has 0 spiro atoms. The molecular formula is C18H26FN3O2. The second kappa shape index (κ2) is 10.0. The molecule has 1 atom stereocenters. The first-order valence-corrected chi connectivity index (χ1v) is 8.66. The predicted molar refractivity (Wildman–Crippen MR) is 91.2 cm³/mol. The van der Waals surface area contributed by atoms with Crippen molar-refractivity contribution in [1.82, 2.24) is 16.0 Å². The first-order chi connectivity index (χ1) is 11.6. The van der Waals surface area contributed by atoms with Crippen LogP contribution < -0.4 is 16.0 Å². The SMILES string of the molecule is O=C(CCCNC(=O)c1ccc(F)cc1)NCCC1CCCNC1. The Bertz CT molecular complexity index is 528. The predicted octanol–water partition coefficient (Wildman–Crippen LogP) is 1.84. The Morgan fingerprint density at radius 2 is 1.96 bits per heavy atom. The monoisotopic (exact) mass is 335 g/mol. The molecule has 0 aromatic heterocycles. The highest BCUT2D eigenvalue weighted by atomic mass is 19.1. The molecule has 0 aliphatic carbocycles. The van der Waals surface area contributed by atoms with Gasteiger partial charge in [0.05, 0.1) is 0 Å². The van der Waals surface area contributed by atoms with Crippen LogP contribution in [0.1, 0.15) is 42.5 Å². The van der Waals surface area contributed by atoms with E-state index in [0.717, 1.165) is 19.5 Å². The fourth-order valence-electron chi connectivity index (χ4n) is 2.83. The molecule has 1 unspecified atom stereocenters. The summed E-state index contributed by atoms with van der Waals surface area (Å²) in [6.45, 7) is 3.29. The Kier molecular flexibility index (Phi) is 7.68. The Morgan fingerprint density at radius 3 is 2.67 bits per heavy atom. The standard InChI is InChI=1S/C18H26FN3O2/c19-16-7-5-15(6-8-16)18(24)22-11-2-4-17(23)21-12-9-14-3-1-10-20-13-14/h5-8,14,20H,1-4,9-13H2,(H,21,23)(H,22,24). The van der Waals surface area contributed by atoms with Crippen LogP contribution in [0, 0.1) is 11.7 Å². The number of benzene rings is 1. The molecule has 1 aliphatic rings. The van der Waals surface area contributed by atoms with Crippen molar-refractivity contribution < 1.29 is 14.0 Å². The van der Waals surface area contributed by atoms with Crippen LogP contribution in [0.3, 0.4) is 0 Å². The van der Waals surface area contributed by atoms with E-state index in [9.17, 15) is 14.0 Å². The highest BCUT2D eigenvalue weighted by Crippen LogP contribution is 2.12. The number of amides is 2. The van der Waals surface area contributed by atoms with Crippen molar-refractivity contribution in [3.05, 3.63) is 35.6 Å². The number of halogens is 1. The zero-order chi connectivity index (χ0) is 17.2. The molecule has 1 aromatic carbocycles. The second-order valence-electron chi connectivity index (χ2n) is 6.22. The maximum absolute atomic E-state index is 12.8. The molecule has 0 saturated carbocycles. The van der Waals surface area contributed by atoms with Crippen molar-refractivity contribution in [1.29, 1.82) is 0 Å². The number of carbonyl (C=O) groups excluding carboxylic acids is 2. The summed E-state index contributed by atoms with van der Waals surface area (Å²) in [4.78, 5) is 23.6. The maximum Gasteiger partial charge on any atom is 0.251 e. The van der Waals surface area contributed by atoms with Gasteiger partial charge in [0.1, 0.15) is 5.82 Å². The third-order valence-electron chi connectivity index (χ3n) is 4.25. The molecule has 132 valence electrons. The minimum Gasteiger partial charge on any atom is -0.356 e. The first-order valence-electron chi connectivity index (χ1n) is 8.66. The van der Waals surface area contributed by atoms with E-state index >= 15 is 0 Å². The summed E-state index contributed by atoms with van der Waals surface area (Å²) >= 11 is 0. The molecule has 3 N–H and O–H groups in total. The zero-order valence-electron chi connectivity index (χ0n) is 13.9. The molecule has 2 rings (SSSR count). The summed E-state index contributed by atoms with van der Waals surface area (Å²) in [7, 11) is 0. The number of rotatable bonds is 8. The van der Waals surface area contributed by atoms with Crippen LogP contribution in [-0.2, 0) is 4.79 Å². The quantitative estimate of drug-likeness (QED) is 0.635. The average molecular weight is 335 g/mol. The van der Waals surface area contributed by atoms with Crippen LogP contribution in [0.25, 0.3) is 0 Å². The van der Waals surface area contributed by atoms with Gasteiger partial charge in [0.25, 0.3) is 5.91 Å². The van der Waals surface area contributed by atoms with Gasteiger partial charge in [-0.05, 0) is 69.0 Å². The van der Waals surface area contributed by atoms with Crippen molar-refractivity contribution in [2.24, 2.45) is 5.92 Å². The van der Waals surface area contributed by atoms with E-state index in [4.69, 9.17) is 0 Å². The molecule has 24 heavy (non-hydrogen) atoms. The van der Waals surface area contributed by atoms with Crippen molar-refractivity contribution in [2.75, 3.05) is 26.2 Å². The first kappa shape index (κ1) is 18.4. The number of hydrogen-bond acceptors (Lipinski definition) is 3. The van der Waals surface area contributed by atoms with Crippen molar-refractivity contribution in [2.45, 2.75) is 32.1 Å². The van der Waals surface area contributed by atoms with Crippen molar-refractivity contribution >= 4 is 11.8 Å². The smallest absolute Gasteiger partial charge is 0.251 e. The maximum atomic E-state index is 12.8. The van der Waals surface area contributed by atoms with Crippen LogP contribution in [0.2, 0.25) is 0 Å². The summed E-state index contributed by atoms with van der Waals surface area (Å²) in [6.07, 6.45) is 4.45. The van der Waals surface area contributed by atoms with Crippen LogP contribution >= 0.6 is 0 Å². The van der Waals surface area contributed by atoms with E-state index in [-0.39, 0.29) is 17.6 Å². The number of nitrogens with one attached hydrogen (secondary N) is 3. The third-order valence-corrected chi connectivity index (χ3v) is 4.25. The number of carbonyl (C=O) groups is 2. The Morgan fingerprint density at radius 1 is 1.17 bits per heavy atom. The Labute approximate surface area is 142 Å². The number of piperidine rings is 1. The summed E-state index contributed by atoms with van der Waals surface area (Å²) in [5.41, 5.74) is 0.418. The van der Waals surface area contributed by atoms with Gasteiger partial charge in [-0.25, -0.2) is 4.39 Å². The fourth-order valence-corrected chi connectivity index (χ4v) is 2.83. The number of hydrogen-bond donors (Lipinski definition) is 3. The third kappa shape index (κ3) is 6.66. The molecule has 5 nitrogen and oxygen atoms in total. The van der Waals surface area contributed by atoms with Gasteiger partial charge in [-0.15, -0.1) is 0 Å². The molecular weight excluding hydrogens is 309 g/mol. The van der Waals surface area contributed by atoms with E-state index in [1.165, 1.54) is 37.1 Å². The van der Waals surface area contributed by atoms with Crippen molar-refractivity contribution in [3.63, 3.8) is 0 Å². The van der Waals surface area contributed by atoms with E-state index in [1.54, 1.807) is 0 Å². The summed E-state index contributed by atoms with van der Waals surface area (Å²) in [6, 6.07) is 5.39. The van der Waals surface area contributed by atoms with Gasteiger partial charge in [-0.2, -0.15) is 0 Å². The molecule has 2 amide bonds. The molecule has 1 aliphatic heterocycles. The zero-order valence-corrected chi connectivity index (χ0v) is 13.9. The fraction of sp³-hybridized carbons (Fsp3) is 0.556. The molecule has 0 bridgehead atoms. The van der Waals surface area contributed by atoms with Gasteiger partial charge in [-0.1, -0.05) is 0 Å². The lowest BCUT2D eigenvalue weighted by molar-refractivity contribution is -0.121. The van der Waals surface area contributed by atoms with Crippen LogP contribution in [0.5, 0.6) is 0 Å². The van der Waals surface area contributed by atoms with Gasteiger partial charge in [0.2, 0.25) is 5.91 Å². The van der Waals surface area contributed by atoms with E-state index in [1.807, 2.05) is 0 Å².